The molecule has 24 heavy (non-hydrogen) atoms. The largest absolute Gasteiger partial charge is 0.466 e. The summed E-state index contributed by atoms with van der Waals surface area (Å²) in [4.78, 5) is 16.3. The van der Waals surface area contributed by atoms with Crippen LogP contribution in [0.5, 0.6) is 0 Å². The van der Waals surface area contributed by atoms with E-state index in [1.807, 2.05) is 20.0 Å². The van der Waals surface area contributed by atoms with Crippen molar-refractivity contribution in [2.45, 2.75) is 19.4 Å². The minimum Gasteiger partial charge on any atom is -0.466 e. The summed E-state index contributed by atoms with van der Waals surface area (Å²) in [5.74, 6) is 0.386. The molecule has 0 radical (unpaired) electrons. The number of fused-ring (bicyclic) bond motifs is 1. The van der Waals surface area contributed by atoms with Crippen molar-refractivity contribution in [2.75, 3.05) is 11.9 Å². The molecule has 0 saturated carbocycles. The van der Waals surface area contributed by atoms with E-state index in [0.717, 1.165) is 16.7 Å². The molecule has 3 N–H and O–H groups in total. The predicted octanol–water partition coefficient (Wildman–Crippen LogP) is 1.90. The van der Waals surface area contributed by atoms with Crippen LogP contribution in [0.1, 0.15) is 18.4 Å². The van der Waals surface area contributed by atoms with Gasteiger partial charge in [-0.1, -0.05) is 0 Å². The maximum absolute atomic E-state index is 12.0. The number of amides is 2. The van der Waals surface area contributed by atoms with E-state index in [0.29, 0.717) is 11.4 Å². The van der Waals surface area contributed by atoms with Gasteiger partial charge in [0.05, 0.1) is 30.4 Å². The highest BCUT2D eigenvalue weighted by atomic mass is 16.4. The molecule has 0 aromatic carbocycles. The number of hydrogen-bond acceptors (Lipinski definition) is 5. The van der Waals surface area contributed by atoms with Gasteiger partial charge in [-0.3, -0.25) is 4.68 Å². The van der Waals surface area contributed by atoms with Crippen LogP contribution in [-0.2, 0) is 12.6 Å². The molecule has 0 aliphatic heterocycles. The fourth-order valence-electron chi connectivity index (χ4n) is 2.48. The van der Waals surface area contributed by atoms with E-state index >= 15 is 0 Å². The molecule has 3 heterocycles. The summed E-state index contributed by atoms with van der Waals surface area (Å²) in [6, 6.07) is 4.71. The zero-order chi connectivity index (χ0) is 17.3. The second kappa shape index (κ2) is 5.97. The van der Waals surface area contributed by atoms with Crippen LogP contribution < -0.4 is 10.6 Å². The van der Waals surface area contributed by atoms with Gasteiger partial charge in [0, 0.05) is 12.4 Å². The SMILES string of the molecule is Cc1nn(C)c2ncc(NC(=O)NC[C@](C)(O)c3ccco3)cc12. The molecule has 126 valence electrons. The first-order valence-corrected chi connectivity index (χ1v) is 7.47. The zero-order valence-electron chi connectivity index (χ0n) is 13.7. The molecule has 0 aliphatic carbocycles. The Morgan fingerprint density at radius 2 is 2.29 bits per heavy atom. The number of aromatic nitrogens is 3. The number of furan rings is 1. The number of carbonyl (C=O) groups excluding carboxylic acids is 1. The van der Waals surface area contributed by atoms with Crippen LogP contribution >= 0.6 is 0 Å². The summed E-state index contributed by atoms with van der Waals surface area (Å²) < 4.78 is 6.86. The van der Waals surface area contributed by atoms with Gasteiger partial charge in [-0.15, -0.1) is 0 Å². The van der Waals surface area contributed by atoms with Gasteiger partial charge >= 0.3 is 6.03 Å². The summed E-state index contributed by atoms with van der Waals surface area (Å²) in [6.07, 6.45) is 3.04. The lowest BCUT2D eigenvalue weighted by atomic mass is 10.0. The molecule has 2 amide bonds. The molecule has 0 bridgehead atoms. The van der Waals surface area contributed by atoms with E-state index in [2.05, 4.69) is 20.7 Å². The van der Waals surface area contributed by atoms with Gasteiger partial charge in [0.2, 0.25) is 0 Å². The summed E-state index contributed by atoms with van der Waals surface area (Å²) in [5.41, 5.74) is 0.848. The number of anilines is 1. The second-order valence-corrected chi connectivity index (χ2v) is 5.86. The first-order valence-electron chi connectivity index (χ1n) is 7.47. The number of aliphatic hydroxyl groups is 1. The first kappa shape index (κ1) is 16.0. The van der Waals surface area contributed by atoms with Crippen LogP contribution in [-0.4, -0.2) is 32.4 Å². The lowest BCUT2D eigenvalue weighted by molar-refractivity contribution is 0.0372. The van der Waals surface area contributed by atoms with Crippen LogP contribution in [0.4, 0.5) is 10.5 Å². The van der Waals surface area contributed by atoms with Crippen molar-refractivity contribution in [3.63, 3.8) is 0 Å². The minimum absolute atomic E-state index is 0.00788. The van der Waals surface area contributed by atoms with Crippen molar-refractivity contribution in [1.29, 1.82) is 0 Å². The molecule has 0 spiro atoms. The smallest absolute Gasteiger partial charge is 0.319 e. The molecule has 0 saturated heterocycles. The number of nitrogens with zero attached hydrogens (tertiary/aromatic N) is 3. The van der Waals surface area contributed by atoms with Crippen LogP contribution in [0, 0.1) is 6.92 Å². The van der Waals surface area contributed by atoms with E-state index < -0.39 is 11.6 Å². The van der Waals surface area contributed by atoms with Crippen molar-refractivity contribution in [3.8, 4) is 0 Å². The van der Waals surface area contributed by atoms with Gasteiger partial charge in [-0.05, 0) is 32.0 Å². The molecule has 0 fully saturated rings. The highest BCUT2D eigenvalue weighted by Gasteiger charge is 2.26. The number of carbonyl (C=O) groups is 1. The van der Waals surface area contributed by atoms with Crippen LogP contribution in [0.2, 0.25) is 0 Å². The third-order valence-corrected chi connectivity index (χ3v) is 3.77. The quantitative estimate of drug-likeness (QED) is 0.678. The molecular formula is C16H19N5O3. The van der Waals surface area contributed by atoms with Gasteiger partial charge in [-0.25, -0.2) is 9.78 Å². The number of aryl methyl sites for hydroxylation is 2. The second-order valence-electron chi connectivity index (χ2n) is 5.86. The van der Waals surface area contributed by atoms with Gasteiger partial charge in [0.15, 0.2) is 5.65 Å². The summed E-state index contributed by atoms with van der Waals surface area (Å²) >= 11 is 0. The number of urea groups is 1. The number of rotatable bonds is 4. The molecule has 1 atom stereocenters. The molecule has 3 aromatic heterocycles. The van der Waals surface area contributed by atoms with Gasteiger partial charge in [0.25, 0.3) is 0 Å². The topological polar surface area (TPSA) is 105 Å². The third kappa shape index (κ3) is 3.09. The average Bonchev–Trinajstić information content (AvgIpc) is 3.16. The number of nitrogens with one attached hydrogen (secondary N) is 2. The summed E-state index contributed by atoms with van der Waals surface area (Å²) in [5, 5.41) is 20.8. The Bertz CT molecular complexity index is 867. The Hall–Kier alpha value is -2.87. The van der Waals surface area contributed by atoms with Crippen LogP contribution in [0.25, 0.3) is 11.0 Å². The Balaban J connectivity index is 1.66. The van der Waals surface area contributed by atoms with Gasteiger partial charge < -0.3 is 20.2 Å². The maximum Gasteiger partial charge on any atom is 0.319 e. The average molecular weight is 329 g/mol. The van der Waals surface area contributed by atoms with E-state index in [4.69, 9.17) is 4.42 Å². The minimum atomic E-state index is -1.29. The van der Waals surface area contributed by atoms with Crippen molar-refractivity contribution < 1.29 is 14.3 Å². The first-order chi connectivity index (χ1) is 11.4. The molecule has 8 heteroatoms. The Labute approximate surface area is 138 Å². The standard InChI is InChI=1S/C16H19N5O3/c1-10-12-7-11(8-17-14(12)21(3)20-10)19-15(22)18-9-16(2,23)13-5-4-6-24-13/h4-8,23H,9H2,1-3H3,(H2,18,19,22)/t16-/m0/s1. The van der Waals surface area contributed by atoms with Crippen LogP contribution in [0.3, 0.4) is 0 Å². The molecule has 0 unspecified atom stereocenters. The number of pyridine rings is 1. The van der Waals surface area contributed by atoms with E-state index in [-0.39, 0.29) is 6.54 Å². The van der Waals surface area contributed by atoms with Crippen molar-refractivity contribution in [3.05, 3.63) is 42.1 Å². The van der Waals surface area contributed by atoms with E-state index in [1.165, 1.54) is 6.26 Å². The van der Waals surface area contributed by atoms with Crippen molar-refractivity contribution >= 4 is 22.8 Å². The Kier molecular flexibility index (Phi) is 3.98. The van der Waals surface area contributed by atoms with Crippen molar-refractivity contribution in [2.24, 2.45) is 7.05 Å². The molecule has 8 nitrogen and oxygen atoms in total. The molecular weight excluding hydrogens is 310 g/mol. The third-order valence-electron chi connectivity index (χ3n) is 3.77. The fraction of sp³-hybridized carbons (Fsp3) is 0.312. The normalized spacial score (nSPS) is 13.7. The highest BCUT2D eigenvalue weighted by Crippen LogP contribution is 2.21. The van der Waals surface area contributed by atoms with Crippen molar-refractivity contribution in [1.82, 2.24) is 20.1 Å². The summed E-state index contributed by atoms with van der Waals surface area (Å²) in [7, 11) is 1.82. The predicted molar refractivity (Wildman–Crippen MR) is 88.5 cm³/mol. The monoisotopic (exact) mass is 329 g/mol. The van der Waals surface area contributed by atoms with Crippen LogP contribution in [0.15, 0.2) is 35.1 Å². The molecule has 3 aromatic rings. The molecule has 0 aliphatic rings. The fourth-order valence-corrected chi connectivity index (χ4v) is 2.48. The van der Waals surface area contributed by atoms with Gasteiger partial charge in [-0.2, -0.15) is 5.10 Å². The van der Waals surface area contributed by atoms with E-state index in [1.54, 1.807) is 29.9 Å². The lowest BCUT2D eigenvalue weighted by Crippen LogP contribution is -2.40. The maximum atomic E-state index is 12.0. The zero-order valence-corrected chi connectivity index (χ0v) is 13.7. The summed E-state index contributed by atoms with van der Waals surface area (Å²) in [6.45, 7) is 3.46. The lowest BCUT2D eigenvalue weighted by Gasteiger charge is -2.21. The highest BCUT2D eigenvalue weighted by molar-refractivity contribution is 5.92. The molecule has 3 rings (SSSR count). The van der Waals surface area contributed by atoms with Gasteiger partial charge in [0.1, 0.15) is 11.4 Å². The number of hydrogen-bond donors (Lipinski definition) is 3. The van der Waals surface area contributed by atoms with E-state index in [9.17, 15) is 9.90 Å². The Morgan fingerprint density at radius 1 is 1.50 bits per heavy atom. The Morgan fingerprint density at radius 3 is 3.00 bits per heavy atom.